The lowest BCUT2D eigenvalue weighted by atomic mass is 10.0. The molecule has 2 aromatic carbocycles. The van der Waals surface area contributed by atoms with Crippen LogP contribution in [0, 0.1) is 0 Å². The molecule has 0 aliphatic heterocycles. The van der Waals surface area contributed by atoms with Crippen LogP contribution >= 0.6 is 7.82 Å². The minimum Gasteiger partial charge on any atom is -0.395 e. The highest BCUT2D eigenvalue weighted by molar-refractivity contribution is 7.48. The van der Waals surface area contributed by atoms with Gasteiger partial charge in [-0.05, 0) is 36.6 Å². The van der Waals surface area contributed by atoms with Gasteiger partial charge in [0.05, 0.1) is 0 Å². The normalized spacial score (nSPS) is 13.2. The topological polar surface area (TPSA) is 55.8 Å². The maximum absolute atomic E-state index is 12.3. The summed E-state index contributed by atoms with van der Waals surface area (Å²) >= 11 is 0. The van der Waals surface area contributed by atoms with Gasteiger partial charge in [0.25, 0.3) is 0 Å². The monoisotopic (exact) mass is 362 g/mol. The lowest BCUT2D eigenvalue weighted by Gasteiger charge is -2.16. The molecule has 1 unspecified atom stereocenters. The van der Waals surface area contributed by atoms with Gasteiger partial charge in [-0.1, -0.05) is 75.4 Å². The van der Waals surface area contributed by atoms with E-state index in [2.05, 4.69) is 6.92 Å². The Bertz CT molecular complexity index is 672. The van der Waals surface area contributed by atoms with Crippen LogP contribution in [0.25, 0.3) is 0 Å². The van der Waals surface area contributed by atoms with E-state index >= 15 is 0 Å². The van der Waals surface area contributed by atoms with Crippen molar-refractivity contribution >= 4 is 7.82 Å². The number of hydrogen-bond acceptors (Lipinski definition) is 3. The Morgan fingerprint density at radius 2 is 1.48 bits per heavy atom. The summed E-state index contributed by atoms with van der Waals surface area (Å²) in [5.74, 6) is 0.722. The summed E-state index contributed by atoms with van der Waals surface area (Å²) in [5, 5.41) is 0. The number of para-hydroxylation sites is 2. The van der Waals surface area contributed by atoms with Crippen LogP contribution in [0.5, 0.6) is 11.5 Å². The van der Waals surface area contributed by atoms with Crippen LogP contribution in [-0.4, -0.2) is 4.89 Å². The van der Waals surface area contributed by atoms with E-state index < -0.39 is 7.82 Å². The molecule has 0 spiro atoms. The van der Waals surface area contributed by atoms with Crippen LogP contribution < -0.4 is 9.05 Å². The number of unbranched alkanes of at least 4 members (excludes halogenated alkanes) is 5. The molecule has 0 radical (unpaired) electrons. The summed E-state index contributed by atoms with van der Waals surface area (Å²) in [7, 11) is -4.22. The molecule has 0 aliphatic carbocycles. The molecule has 2 rings (SSSR count). The second-order valence-corrected chi connectivity index (χ2v) is 7.39. The molecule has 136 valence electrons. The van der Waals surface area contributed by atoms with Crippen LogP contribution in [-0.2, 0) is 11.0 Å². The molecule has 4 nitrogen and oxygen atoms in total. The second kappa shape index (κ2) is 10.3. The lowest BCUT2D eigenvalue weighted by molar-refractivity contribution is 0.290. The third-order valence-corrected chi connectivity index (χ3v) is 4.82. The van der Waals surface area contributed by atoms with E-state index in [0.717, 1.165) is 24.8 Å². The Kier molecular flexibility index (Phi) is 8.03. The summed E-state index contributed by atoms with van der Waals surface area (Å²) in [6, 6.07) is 15.9. The third kappa shape index (κ3) is 7.33. The maximum atomic E-state index is 12.3. The molecule has 0 fully saturated rings. The van der Waals surface area contributed by atoms with E-state index in [1.54, 1.807) is 36.4 Å². The van der Waals surface area contributed by atoms with E-state index in [-0.39, 0.29) is 0 Å². The fourth-order valence-electron chi connectivity index (χ4n) is 2.65. The van der Waals surface area contributed by atoms with Gasteiger partial charge in [-0.25, -0.2) is 4.57 Å². The van der Waals surface area contributed by atoms with Gasteiger partial charge in [-0.3, -0.25) is 4.89 Å². The van der Waals surface area contributed by atoms with Crippen molar-refractivity contribution < 1.29 is 18.5 Å². The first-order valence-corrected chi connectivity index (χ1v) is 10.5. The Hall–Kier alpha value is -1.77. The fourth-order valence-corrected chi connectivity index (χ4v) is 3.50. The van der Waals surface area contributed by atoms with Crippen LogP contribution in [0.1, 0.15) is 51.0 Å². The number of hydrogen-bond donors (Lipinski definition) is 1. The lowest BCUT2D eigenvalue weighted by Crippen LogP contribution is -2.02. The zero-order valence-corrected chi connectivity index (χ0v) is 15.7. The van der Waals surface area contributed by atoms with Crippen LogP contribution in [0.2, 0.25) is 0 Å². The SMILES string of the molecule is CCCCCCCCc1ccccc1OP(=O)(O)Oc1ccccc1. The first kappa shape index (κ1) is 19.6. The van der Waals surface area contributed by atoms with E-state index in [1.165, 1.54) is 25.7 Å². The molecule has 2 aromatic rings. The van der Waals surface area contributed by atoms with E-state index in [0.29, 0.717) is 11.5 Å². The number of aryl methyl sites for hydroxylation is 1. The molecule has 0 heterocycles. The van der Waals surface area contributed by atoms with Crippen molar-refractivity contribution in [2.24, 2.45) is 0 Å². The molecular weight excluding hydrogens is 335 g/mol. The maximum Gasteiger partial charge on any atom is 0.584 e. The van der Waals surface area contributed by atoms with Crippen LogP contribution in [0.3, 0.4) is 0 Å². The van der Waals surface area contributed by atoms with E-state index in [1.807, 2.05) is 18.2 Å². The Morgan fingerprint density at radius 1 is 0.840 bits per heavy atom. The predicted octanol–water partition coefficient (Wildman–Crippen LogP) is 6.15. The molecule has 0 aliphatic rings. The van der Waals surface area contributed by atoms with Gasteiger partial charge in [-0.2, -0.15) is 0 Å². The first-order valence-electron chi connectivity index (χ1n) is 8.95. The van der Waals surface area contributed by atoms with Gasteiger partial charge in [0.2, 0.25) is 0 Å². The van der Waals surface area contributed by atoms with Crippen molar-refractivity contribution in [2.45, 2.75) is 51.9 Å². The van der Waals surface area contributed by atoms with Crippen LogP contribution in [0.15, 0.2) is 54.6 Å². The molecular formula is C20H27O4P. The number of benzene rings is 2. The molecule has 0 amide bonds. The van der Waals surface area contributed by atoms with Crippen molar-refractivity contribution in [3.05, 3.63) is 60.2 Å². The summed E-state index contributed by atoms with van der Waals surface area (Å²) < 4.78 is 22.7. The van der Waals surface area contributed by atoms with Gasteiger partial charge in [0.15, 0.2) is 0 Å². The Morgan fingerprint density at radius 3 is 2.24 bits per heavy atom. The van der Waals surface area contributed by atoms with Gasteiger partial charge in [0, 0.05) is 0 Å². The number of rotatable bonds is 11. The van der Waals surface area contributed by atoms with Gasteiger partial charge in [-0.15, -0.1) is 0 Å². The minimum atomic E-state index is -4.22. The van der Waals surface area contributed by atoms with Gasteiger partial charge < -0.3 is 9.05 Å². The van der Waals surface area contributed by atoms with Crippen molar-refractivity contribution in [3.63, 3.8) is 0 Å². The molecule has 0 bridgehead atoms. The summed E-state index contributed by atoms with van der Waals surface area (Å²) in [4.78, 5) is 10.0. The average molecular weight is 362 g/mol. The molecule has 0 saturated carbocycles. The smallest absolute Gasteiger partial charge is 0.395 e. The second-order valence-electron chi connectivity index (χ2n) is 6.09. The first-order chi connectivity index (χ1) is 12.1. The van der Waals surface area contributed by atoms with Gasteiger partial charge in [0.1, 0.15) is 11.5 Å². The summed E-state index contributed by atoms with van der Waals surface area (Å²) in [5.41, 5.74) is 0.934. The predicted molar refractivity (Wildman–Crippen MR) is 101 cm³/mol. The Labute approximate surface area is 150 Å². The summed E-state index contributed by atoms with van der Waals surface area (Å²) in [6.45, 7) is 2.21. The van der Waals surface area contributed by atoms with E-state index in [4.69, 9.17) is 9.05 Å². The number of phosphoric ester groups is 1. The van der Waals surface area contributed by atoms with Gasteiger partial charge >= 0.3 is 7.82 Å². The zero-order valence-electron chi connectivity index (χ0n) is 14.8. The highest BCUT2D eigenvalue weighted by Gasteiger charge is 2.26. The summed E-state index contributed by atoms with van der Waals surface area (Å²) in [6.07, 6.45) is 8.05. The zero-order chi connectivity index (χ0) is 18.0. The third-order valence-electron chi connectivity index (χ3n) is 3.95. The molecule has 5 heteroatoms. The molecule has 0 saturated heterocycles. The van der Waals surface area contributed by atoms with Crippen LogP contribution in [0.4, 0.5) is 0 Å². The quantitative estimate of drug-likeness (QED) is 0.385. The number of phosphoric acid groups is 1. The van der Waals surface area contributed by atoms with E-state index in [9.17, 15) is 9.46 Å². The molecule has 1 N–H and O–H groups in total. The van der Waals surface area contributed by atoms with Crippen molar-refractivity contribution in [3.8, 4) is 11.5 Å². The average Bonchev–Trinajstić information content (AvgIpc) is 2.59. The molecule has 0 aromatic heterocycles. The fraction of sp³-hybridized carbons (Fsp3) is 0.400. The van der Waals surface area contributed by atoms with Crippen molar-refractivity contribution in [1.82, 2.24) is 0 Å². The standard InChI is InChI=1S/C20H27O4P/c1-2-3-4-5-6-8-13-18-14-11-12-17-20(18)24-25(21,22)23-19-15-9-7-10-16-19/h7,9-12,14-17H,2-6,8,13H2,1H3,(H,21,22). The van der Waals surface area contributed by atoms with Crippen molar-refractivity contribution in [2.75, 3.05) is 0 Å². The van der Waals surface area contributed by atoms with Crippen molar-refractivity contribution in [1.29, 1.82) is 0 Å². The largest absolute Gasteiger partial charge is 0.584 e. The Balaban J connectivity index is 1.91. The highest BCUT2D eigenvalue weighted by Crippen LogP contribution is 2.45. The molecule has 1 atom stereocenters. The minimum absolute atomic E-state index is 0.307. The highest BCUT2D eigenvalue weighted by atomic mass is 31.2. The molecule has 25 heavy (non-hydrogen) atoms.